The Hall–Kier alpha value is 0.1000. The highest BCUT2D eigenvalue weighted by Gasteiger charge is 2.23. The van der Waals surface area contributed by atoms with E-state index in [0.717, 1.165) is 68.4 Å². The Balaban J connectivity index is 0.00000261. The first-order valence-corrected chi connectivity index (χ1v) is 11.4. The minimum Gasteiger partial charge on any atom is -0.376 e. The van der Waals surface area contributed by atoms with E-state index in [2.05, 4.69) is 45.2 Å². The fraction of sp³-hybridized carbons (Fsp3) is 0.737. The molecule has 0 saturated carbocycles. The molecule has 0 radical (unpaired) electrons. The summed E-state index contributed by atoms with van der Waals surface area (Å²) in [5.41, 5.74) is 0. The summed E-state index contributed by atoms with van der Waals surface area (Å²) >= 11 is 5.26. The van der Waals surface area contributed by atoms with Crippen molar-refractivity contribution < 1.29 is 9.47 Å². The second kappa shape index (κ2) is 12.6. The van der Waals surface area contributed by atoms with Crippen LogP contribution in [0.3, 0.4) is 0 Å². The number of guanidine groups is 1. The molecule has 8 heteroatoms. The van der Waals surface area contributed by atoms with Crippen LogP contribution in [-0.4, -0.2) is 55.9 Å². The maximum Gasteiger partial charge on any atom is 0.194 e. The number of halogens is 2. The van der Waals surface area contributed by atoms with Gasteiger partial charge in [0.05, 0.1) is 29.1 Å². The van der Waals surface area contributed by atoms with Crippen LogP contribution in [0.2, 0.25) is 0 Å². The van der Waals surface area contributed by atoms with E-state index in [1.54, 1.807) is 11.3 Å². The quantitative estimate of drug-likeness (QED) is 0.307. The third kappa shape index (κ3) is 7.79. The van der Waals surface area contributed by atoms with Crippen molar-refractivity contribution in [3.63, 3.8) is 0 Å². The first-order chi connectivity index (χ1) is 12.7. The van der Waals surface area contributed by atoms with Crippen LogP contribution in [0, 0.1) is 0 Å². The van der Waals surface area contributed by atoms with Gasteiger partial charge in [0.2, 0.25) is 0 Å². The summed E-state index contributed by atoms with van der Waals surface area (Å²) in [7, 11) is 0. The average Bonchev–Trinajstić information content (AvgIpc) is 3.10. The van der Waals surface area contributed by atoms with Crippen LogP contribution >= 0.6 is 51.2 Å². The van der Waals surface area contributed by atoms with Gasteiger partial charge in [-0.05, 0) is 67.1 Å². The molecule has 1 N–H and O–H groups in total. The second-order valence-electron chi connectivity index (χ2n) is 6.88. The van der Waals surface area contributed by atoms with Gasteiger partial charge in [-0.25, -0.2) is 4.99 Å². The number of aliphatic imine (C=N–C) groups is 1. The molecule has 27 heavy (non-hydrogen) atoms. The van der Waals surface area contributed by atoms with Crippen molar-refractivity contribution in [2.24, 2.45) is 4.99 Å². The lowest BCUT2D eigenvalue weighted by Gasteiger charge is -2.35. The van der Waals surface area contributed by atoms with Gasteiger partial charge in [0.25, 0.3) is 0 Å². The molecule has 2 aliphatic heterocycles. The number of piperidine rings is 1. The van der Waals surface area contributed by atoms with Crippen LogP contribution in [0.15, 0.2) is 20.9 Å². The van der Waals surface area contributed by atoms with Gasteiger partial charge in [-0.2, -0.15) is 0 Å². The maximum absolute atomic E-state index is 6.13. The van der Waals surface area contributed by atoms with Crippen molar-refractivity contribution >= 4 is 57.2 Å². The Labute approximate surface area is 192 Å². The van der Waals surface area contributed by atoms with Crippen molar-refractivity contribution in [1.82, 2.24) is 10.2 Å². The van der Waals surface area contributed by atoms with Gasteiger partial charge in [-0.15, -0.1) is 35.3 Å². The second-order valence-corrected chi connectivity index (χ2v) is 9.43. The molecule has 0 aliphatic carbocycles. The smallest absolute Gasteiger partial charge is 0.194 e. The highest BCUT2D eigenvalue weighted by Crippen LogP contribution is 2.23. The van der Waals surface area contributed by atoms with Crippen molar-refractivity contribution in [3.8, 4) is 0 Å². The summed E-state index contributed by atoms with van der Waals surface area (Å²) in [6, 6.07) is 4.22. The molecule has 154 valence electrons. The summed E-state index contributed by atoms with van der Waals surface area (Å²) in [6.45, 7) is 7.39. The lowest BCUT2D eigenvalue weighted by Crippen LogP contribution is -2.47. The summed E-state index contributed by atoms with van der Waals surface area (Å²) in [5.74, 6) is 1.02. The summed E-state index contributed by atoms with van der Waals surface area (Å²) in [4.78, 5) is 8.47. The standard InChI is InChI=1S/C19H30BrN3O2S.HI/c1-2-21-19(22-13-17-6-7-18(20)26-17)23-10-8-15(9-11-23)25-14-16-5-3-4-12-24-16;/h6-7,15-16H,2-5,8-14H2,1H3,(H,21,22);1H. The van der Waals surface area contributed by atoms with Gasteiger partial charge in [-0.1, -0.05) is 0 Å². The van der Waals surface area contributed by atoms with E-state index in [1.165, 1.54) is 17.7 Å². The highest BCUT2D eigenvalue weighted by atomic mass is 127. The van der Waals surface area contributed by atoms with Crippen LogP contribution in [-0.2, 0) is 16.0 Å². The monoisotopic (exact) mass is 571 g/mol. The Morgan fingerprint density at radius 2 is 2.15 bits per heavy atom. The number of rotatable bonds is 6. The van der Waals surface area contributed by atoms with Crippen molar-refractivity contribution in [2.45, 2.75) is 57.8 Å². The molecule has 2 saturated heterocycles. The molecule has 5 nitrogen and oxygen atoms in total. The Bertz CT molecular complexity index is 573. The molecule has 2 fully saturated rings. The largest absolute Gasteiger partial charge is 0.376 e. The molecule has 3 heterocycles. The van der Waals surface area contributed by atoms with Gasteiger partial charge < -0.3 is 19.7 Å². The summed E-state index contributed by atoms with van der Waals surface area (Å²) in [6.07, 6.45) is 6.40. The van der Waals surface area contributed by atoms with Gasteiger partial charge in [-0.3, -0.25) is 0 Å². The van der Waals surface area contributed by atoms with Gasteiger partial charge in [0.1, 0.15) is 0 Å². The van der Waals surface area contributed by atoms with Crippen LogP contribution in [0.25, 0.3) is 0 Å². The normalized spacial score (nSPS) is 21.8. The van der Waals surface area contributed by atoms with Gasteiger partial charge in [0, 0.05) is 31.1 Å². The number of nitrogens with one attached hydrogen (secondary N) is 1. The third-order valence-electron chi connectivity index (χ3n) is 4.88. The molecule has 2 aliphatic rings. The predicted octanol–water partition coefficient (Wildman–Crippen LogP) is 4.64. The molecule has 1 unspecified atom stereocenters. The Morgan fingerprint density at radius 1 is 1.33 bits per heavy atom. The van der Waals surface area contributed by atoms with Crippen molar-refractivity contribution in [1.29, 1.82) is 0 Å². The number of hydrogen-bond acceptors (Lipinski definition) is 4. The van der Waals surface area contributed by atoms with Gasteiger partial charge in [0.15, 0.2) is 5.96 Å². The Morgan fingerprint density at radius 3 is 2.78 bits per heavy atom. The lowest BCUT2D eigenvalue weighted by atomic mass is 10.1. The minimum atomic E-state index is 0. The number of hydrogen-bond donors (Lipinski definition) is 1. The molecule has 3 rings (SSSR count). The molecule has 1 aromatic heterocycles. The molecule has 0 spiro atoms. The molecule has 0 amide bonds. The summed E-state index contributed by atoms with van der Waals surface area (Å²) < 4.78 is 13.1. The van der Waals surface area contributed by atoms with Gasteiger partial charge >= 0.3 is 0 Å². The molecule has 1 aromatic rings. The molecule has 1 atom stereocenters. The van der Waals surface area contributed by atoms with Crippen LogP contribution in [0.5, 0.6) is 0 Å². The SMILES string of the molecule is CCNC(=NCc1ccc(Br)s1)N1CCC(OCC2CCCCO2)CC1.I. The number of likely N-dealkylation sites (tertiary alicyclic amines) is 1. The van der Waals surface area contributed by atoms with Crippen LogP contribution < -0.4 is 5.32 Å². The van der Waals surface area contributed by atoms with Crippen molar-refractivity contribution in [3.05, 3.63) is 20.8 Å². The lowest BCUT2D eigenvalue weighted by molar-refractivity contribution is -0.0721. The molecular formula is C19H31BrIN3O2S. The predicted molar refractivity (Wildman–Crippen MR) is 126 cm³/mol. The van der Waals surface area contributed by atoms with E-state index in [4.69, 9.17) is 14.5 Å². The van der Waals surface area contributed by atoms with E-state index in [-0.39, 0.29) is 24.0 Å². The van der Waals surface area contributed by atoms with E-state index >= 15 is 0 Å². The first-order valence-electron chi connectivity index (χ1n) is 9.75. The van der Waals surface area contributed by atoms with E-state index in [1.807, 2.05) is 0 Å². The Kier molecular flexibility index (Phi) is 10.9. The summed E-state index contributed by atoms with van der Waals surface area (Å²) in [5, 5.41) is 3.44. The number of nitrogens with zero attached hydrogens (tertiary/aromatic N) is 2. The fourth-order valence-electron chi connectivity index (χ4n) is 3.43. The van der Waals surface area contributed by atoms with Crippen molar-refractivity contribution in [2.75, 3.05) is 32.8 Å². The van der Waals surface area contributed by atoms with Crippen LogP contribution in [0.1, 0.15) is 43.9 Å². The van der Waals surface area contributed by atoms with Crippen LogP contribution in [0.4, 0.5) is 0 Å². The average molecular weight is 572 g/mol. The molecule has 0 bridgehead atoms. The zero-order chi connectivity index (χ0) is 18.2. The maximum atomic E-state index is 6.13. The zero-order valence-corrected chi connectivity index (χ0v) is 20.7. The zero-order valence-electron chi connectivity index (χ0n) is 16.0. The van der Waals surface area contributed by atoms with E-state index < -0.39 is 0 Å². The molecule has 0 aromatic carbocycles. The number of thiophene rings is 1. The first kappa shape index (κ1) is 23.4. The highest BCUT2D eigenvalue weighted by molar-refractivity contribution is 14.0. The topological polar surface area (TPSA) is 46.1 Å². The molecular weight excluding hydrogens is 541 g/mol. The number of ether oxygens (including phenoxy) is 2. The minimum absolute atomic E-state index is 0. The third-order valence-corrected chi connectivity index (χ3v) is 6.49. The van der Waals surface area contributed by atoms with E-state index in [0.29, 0.717) is 12.2 Å². The fourth-order valence-corrected chi connectivity index (χ4v) is 4.84. The van der Waals surface area contributed by atoms with E-state index in [9.17, 15) is 0 Å².